The molecule has 1 aliphatic rings. The SMILES string of the molecule is [CH2]C(c1ccc(Cl)cc1)N1CCCCC1. The van der Waals surface area contributed by atoms with Crippen molar-refractivity contribution < 1.29 is 0 Å². The Balaban J connectivity index is 2.05. The Morgan fingerprint density at radius 1 is 1.07 bits per heavy atom. The third-order valence-corrected chi connectivity index (χ3v) is 3.34. The molecule has 1 fully saturated rings. The number of hydrogen-bond acceptors (Lipinski definition) is 1. The molecule has 1 nitrogen and oxygen atoms in total. The predicted octanol–water partition coefficient (Wildman–Crippen LogP) is 3.70. The Morgan fingerprint density at radius 3 is 2.27 bits per heavy atom. The average molecular weight is 223 g/mol. The van der Waals surface area contributed by atoms with Crippen LogP contribution in [0.3, 0.4) is 0 Å². The second-order valence-electron chi connectivity index (χ2n) is 4.16. The average Bonchev–Trinajstić information content (AvgIpc) is 2.30. The van der Waals surface area contributed by atoms with Crippen molar-refractivity contribution in [2.45, 2.75) is 25.3 Å². The summed E-state index contributed by atoms with van der Waals surface area (Å²) in [5.74, 6) is 0. The van der Waals surface area contributed by atoms with E-state index in [1.54, 1.807) is 0 Å². The van der Waals surface area contributed by atoms with E-state index in [-0.39, 0.29) is 6.04 Å². The maximum Gasteiger partial charge on any atom is 0.0406 e. The van der Waals surface area contributed by atoms with Crippen LogP contribution in [0.2, 0.25) is 5.02 Å². The van der Waals surface area contributed by atoms with E-state index >= 15 is 0 Å². The summed E-state index contributed by atoms with van der Waals surface area (Å²) in [4.78, 5) is 2.45. The normalized spacial score (nSPS) is 20.1. The van der Waals surface area contributed by atoms with Gasteiger partial charge in [0.25, 0.3) is 0 Å². The van der Waals surface area contributed by atoms with Crippen molar-refractivity contribution in [2.75, 3.05) is 13.1 Å². The quantitative estimate of drug-likeness (QED) is 0.738. The van der Waals surface area contributed by atoms with Crippen LogP contribution in [0.1, 0.15) is 30.9 Å². The lowest BCUT2D eigenvalue weighted by Crippen LogP contribution is -2.32. The zero-order valence-corrected chi connectivity index (χ0v) is 9.71. The Kier molecular flexibility index (Phi) is 3.66. The van der Waals surface area contributed by atoms with Crippen molar-refractivity contribution >= 4 is 11.6 Å². The molecule has 0 saturated carbocycles. The fourth-order valence-electron chi connectivity index (χ4n) is 2.13. The van der Waals surface area contributed by atoms with Gasteiger partial charge in [-0.2, -0.15) is 0 Å². The maximum absolute atomic E-state index is 5.87. The molecule has 1 atom stereocenters. The molecule has 2 heteroatoms. The highest BCUT2D eigenvalue weighted by Gasteiger charge is 2.17. The first-order valence-electron chi connectivity index (χ1n) is 5.60. The van der Waals surface area contributed by atoms with E-state index in [0.717, 1.165) is 5.02 Å². The topological polar surface area (TPSA) is 3.24 Å². The first-order chi connectivity index (χ1) is 7.27. The van der Waals surface area contributed by atoms with Crippen LogP contribution in [0, 0.1) is 6.92 Å². The van der Waals surface area contributed by atoms with Gasteiger partial charge in [0, 0.05) is 11.1 Å². The van der Waals surface area contributed by atoms with Gasteiger partial charge in [-0.15, -0.1) is 0 Å². The van der Waals surface area contributed by atoms with Gasteiger partial charge in [0.2, 0.25) is 0 Å². The molecule has 0 N–H and O–H groups in total. The number of halogens is 1. The Bertz CT molecular complexity index is 301. The van der Waals surface area contributed by atoms with Crippen molar-refractivity contribution in [2.24, 2.45) is 0 Å². The highest BCUT2D eigenvalue weighted by atomic mass is 35.5. The maximum atomic E-state index is 5.87. The highest BCUT2D eigenvalue weighted by Crippen LogP contribution is 2.24. The number of rotatable bonds is 2. The van der Waals surface area contributed by atoms with Crippen LogP contribution in [0.25, 0.3) is 0 Å². The van der Waals surface area contributed by atoms with E-state index in [9.17, 15) is 0 Å². The minimum absolute atomic E-state index is 0.280. The third kappa shape index (κ3) is 2.73. The Labute approximate surface area is 97.0 Å². The van der Waals surface area contributed by atoms with Crippen LogP contribution in [-0.2, 0) is 0 Å². The van der Waals surface area contributed by atoms with E-state index in [1.807, 2.05) is 12.1 Å². The molecule has 0 bridgehead atoms. The predicted molar refractivity (Wildman–Crippen MR) is 65.0 cm³/mol. The van der Waals surface area contributed by atoms with Gasteiger partial charge in [-0.3, -0.25) is 4.90 Å². The van der Waals surface area contributed by atoms with Gasteiger partial charge >= 0.3 is 0 Å². The molecule has 0 aliphatic carbocycles. The number of nitrogens with zero attached hydrogens (tertiary/aromatic N) is 1. The van der Waals surface area contributed by atoms with Gasteiger partial charge in [-0.05, 0) is 50.6 Å². The van der Waals surface area contributed by atoms with Gasteiger partial charge in [-0.25, -0.2) is 0 Å². The molecule has 1 heterocycles. The summed E-state index contributed by atoms with van der Waals surface area (Å²) in [7, 11) is 0. The van der Waals surface area contributed by atoms with Crippen molar-refractivity contribution in [3.05, 3.63) is 41.8 Å². The Morgan fingerprint density at radius 2 is 1.67 bits per heavy atom. The van der Waals surface area contributed by atoms with Gasteiger partial charge in [0.1, 0.15) is 0 Å². The fourth-order valence-corrected chi connectivity index (χ4v) is 2.25. The summed E-state index contributed by atoms with van der Waals surface area (Å²) in [6.07, 6.45) is 3.98. The first kappa shape index (κ1) is 11.0. The highest BCUT2D eigenvalue weighted by molar-refractivity contribution is 6.30. The van der Waals surface area contributed by atoms with E-state index in [1.165, 1.54) is 37.9 Å². The van der Waals surface area contributed by atoms with E-state index < -0.39 is 0 Å². The first-order valence-corrected chi connectivity index (χ1v) is 5.98. The lowest BCUT2D eigenvalue weighted by atomic mass is 10.0. The molecule has 2 rings (SSSR count). The van der Waals surface area contributed by atoms with Crippen molar-refractivity contribution in [1.82, 2.24) is 4.90 Å². The van der Waals surface area contributed by atoms with E-state index in [0.29, 0.717) is 0 Å². The second-order valence-corrected chi connectivity index (χ2v) is 4.60. The van der Waals surface area contributed by atoms with Crippen LogP contribution in [0.4, 0.5) is 0 Å². The lowest BCUT2D eigenvalue weighted by molar-refractivity contribution is 0.190. The summed E-state index contributed by atoms with van der Waals surface area (Å²) in [6.45, 7) is 6.60. The minimum atomic E-state index is 0.280. The molecular weight excluding hydrogens is 206 g/mol. The minimum Gasteiger partial charge on any atom is -0.296 e. The molecule has 1 radical (unpaired) electrons. The molecule has 1 aromatic rings. The largest absolute Gasteiger partial charge is 0.296 e. The molecule has 0 aromatic heterocycles. The fraction of sp³-hybridized carbons (Fsp3) is 0.462. The lowest BCUT2D eigenvalue weighted by Gasteiger charge is -2.32. The zero-order valence-electron chi connectivity index (χ0n) is 8.95. The molecule has 15 heavy (non-hydrogen) atoms. The standard InChI is InChI=1S/C13H17ClN/c1-11(15-9-3-2-4-10-15)12-5-7-13(14)8-6-12/h5-8,11H,1-4,9-10H2. The molecule has 0 amide bonds. The zero-order chi connectivity index (χ0) is 10.7. The number of likely N-dealkylation sites (tertiary alicyclic amines) is 1. The summed E-state index contributed by atoms with van der Waals surface area (Å²) in [6, 6.07) is 8.32. The summed E-state index contributed by atoms with van der Waals surface area (Å²) in [5, 5.41) is 0.796. The van der Waals surface area contributed by atoms with Crippen LogP contribution >= 0.6 is 11.6 Å². The van der Waals surface area contributed by atoms with Crippen LogP contribution < -0.4 is 0 Å². The summed E-state index contributed by atoms with van der Waals surface area (Å²) >= 11 is 5.87. The van der Waals surface area contributed by atoms with Crippen LogP contribution in [-0.4, -0.2) is 18.0 Å². The number of hydrogen-bond donors (Lipinski definition) is 0. The van der Waals surface area contributed by atoms with Gasteiger partial charge in [-0.1, -0.05) is 30.2 Å². The number of piperidine rings is 1. The molecule has 1 unspecified atom stereocenters. The van der Waals surface area contributed by atoms with E-state index in [4.69, 9.17) is 11.6 Å². The second kappa shape index (κ2) is 5.00. The molecule has 1 saturated heterocycles. The summed E-state index contributed by atoms with van der Waals surface area (Å²) in [5.41, 5.74) is 1.27. The van der Waals surface area contributed by atoms with Crippen molar-refractivity contribution in [3.8, 4) is 0 Å². The Hall–Kier alpha value is -0.530. The molecule has 1 aromatic carbocycles. The molecule has 0 spiro atoms. The van der Waals surface area contributed by atoms with Crippen molar-refractivity contribution in [3.63, 3.8) is 0 Å². The van der Waals surface area contributed by atoms with Gasteiger partial charge in [0.15, 0.2) is 0 Å². The number of benzene rings is 1. The molecule has 1 aliphatic heterocycles. The molecular formula is C13H17ClN. The molecule has 81 valence electrons. The smallest absolute Gasteiger partial charge is 0.0406 e. The van der Waals surface area contributed by atoms with Crippen LogP contribution in [0.5, 0.6) is 0 Å². The van der Waals surface area contributed by atoms with Gasteiger partial charge < -0.3 is 0 Å². The summed E-state index contributed by atoms with van der Waals surface area (Å²) < 4.78 is 0. The third-order valence-electron chi connectivity index (χ3n) is 3.09. The van der Waals surface area contributed by atoms with E-state index in [2.05, 4.69) is 24.0 Å². The van der Waals surface area contributed by atoms with Crippen molar-refractivity contribution in [1.29, 1.82) is 0 Å². The van der Waals surface area contributed by atoms with Gasteiger partial charge in [0.05, 0.1) is 0 Å². The monoisotopic (exact) mass is 222 g/mol. The van der Waals surface area contributed by atoms with Crippen LogP contribution in [0.15, 0.2) is 24.3 Å².